The summed E-state index contributed by atoms with van der Waals surface area (Å²) in [4.78, 5) is 0. The van der Waals surface area contributed by atoms with Crippen molar-refractivity contribution in [2.24, 2.45) is 17.8 Å². The van der Waals surface area contributed by atoms with Crippen LogP contribution in [0.2, 0.25) is 0 Å². The molecule has 3 fully saturated rings. The molecule has 0 aromatic carbocycles. The number of aliphatic hydroxyl groups is 2. The highest BCUT2D eigenvalue weighted by Gasteiger charge is 2.55. The summed E-state index contributed by atoms with van der Waals surface area (Å²) in [5, 5.41) is 19.5. The Kier molecular flexibility index (Phi) is 3.06. The summed E-state index contributed by atoms with van der Waals surface area (Å²) >= 11 is 0. The smallest absolute Gasteiger partial charge is 0.0759 e. The fraction of sp³-hybridized carbons (Fsp3) is 1.00. The van der Waals surface area contributed by atoms with E-state index in [1.54, 1.807) is 0 Å². The van der Waals surface area contributed by atoms with E-state index in [-0.39, 0.29) is 24.2 Å². The second kappa shape index (κ2) is 4.04. The maximum absolute atomic E-state index is 10.0. The molecule has 3 aliphatic rings. The minimum atomic E-state index is -0.253. The Morgan fingerprint density at radius 2 is 2.20 bits per heavy atom. The van der Waals surface area contributed by atoms with Crippen LogP contribution < -0.4 is 0 Å². The third-order valence-electron chi connectivity index (χ3n) is 4.56. The molecule has 2 N–H and O–H groups in total. The summed E-state index contributed by atoms with van der Waals surface area (Å²) in [6.07, 6.45) is 2.51. The number of fused-ring (bicyclic) bond motifs is 3. The molecular weight excluding hydrogens is 192 g/mol. The van der Waals surface area contributed by atoms with Gasteiger partial charge in [-0.2, -0.15) is 0 Å². The van der Waals surface area contributed by atoms with Crippen molar-refractivity contribution in [3.05, 3.63) is 0 Å². The van der Waals surface area contributed by atoms with Crippen molar-refractivity contribution in [1.29, 1.82) is 0 Å². The van der Waals surface area contributed by atoms with Crippen LogP contribution in [0.15, 0.2) is 0 Å². The fourth-order valence-corrected chi connectivity index (χ4v) is 3.80. The van der Waals surface area contributed by atoms with E-state index in [0.29, 0.717) is 24.9 Å². The molecule has 88 valence electrons. The molecule has 2 bridgehead atoms. The molecule has 0 heterocycles. The van der Waals surface area contributed by atoms with Crippen molar-refractivity contribution in [3.63, 3.8) is 0 Å². The molecule has 15 heavy (non-hydrogen) atoms. The standard InChI is InChI=1S/C12H22O3/c1-3-15-12-5-4-9(11(14)6-12)8(2)10(12)7-13/h8-11,13-14H,3-7H2,1-2H3/t8-,9+,10+,11+,12-/m1/s1. The number of ether oxygens (including phenoxy) is 1. The maximum atomic E-state index is 10.0. The average Bonchev–Trinajstić information content (AvgIpc) is 2.18. The van der Waals surface area contributed by atoms with Crippen LogP contribution in [0.25, 0.3) is 0 Å². The van der Waals surface area contributed by atoms with Crippen LogP contribution in [0, 0.1) is 17.8 Å². The van der Waals surface area contributed by atoms with Gasteiger partial charge in [-0.15, -0.1) is 0 Å². The van der Waals surface area contributed by atoms with Crippen molar-refractivity contribution in [1.82, 2.24) is 0 Å². The number of rotatable bonds is 3. The predicted molar refractivity (Wildman–Crippen MR) is 57.4 cm³/mol. The van der Waals surface area contributed by atoms with Gasteiger partial charge < -0.3 is 14.9 Å². The van der Waals surface area contributed by atoms with E-state index in [4.69, 9.17) is 4.74 Å². The molecule has 0 unspecified atom stereocenters. The summed E-state index contributed by atoms with van der Waals surface area (Å²) in [6.45, 7) is 4.98. The van der Waals surface area contributed by atoms with Gasteiger partial charge in [0, 0.05) is 25.6 Å². The summed E-state index contributed by atoms with van der Waals surface area (Å²) in [5.74, 6) is 0.947. The van der Waals surface area contributed by atoms with E-state index < -0.39 is 0 Å². The van der Waals surface area contributed by atoms with Gasteiger partial charge in [-0.1, -0.05) is 6.92 Å². The molecule has 3 heteroatoms. The first kappa shape index (κ1) is 11.4. The topological polar surface area (TPSA) is 49.7 Å². The van der Waals surface area contributed by atoms with Crippen LogP contribution in [0.3, 0.4) is 0 Å². The monoisotopic (exact) mass is 214 g/mol. The lowest BCUT2D eigenvalue weighted by atomic mass is 9.55. The van der Waals surface area contributed by atoms with Gasteiger partial charge in [-0.05, 0) is 31.6 Å². The van der Waals surface area contributed by atoms with Crippen molar-refractivity contribution in [2.75, 3.05) is 13.2 Å². The zero-order valence-electron chi connectivity index (χ0n) is 9.65. The van der Waals surface area contributed by atoms with E-state index >= 15 is 0 Å². The van der Waals surface area contributed by atoms with Gasteiger partial charge in [0.1, 0.15) is 0 Å². The Labute approximate surface area is 91.4 Å². The van der Waals surface area contributed by atoms with Crippen LogP contribution >= 0.6 is 0 Å². The van der Waals surface area contributed by atoms with Gasteiger partial charge in [-0.25, -0.2) is 0 Å². The van der Waals surface area contributed by atoms with Crippen LogP contribution in [0.1, 0.15) is 33.1 Å². The highest BCUT2D eigenvalue weighted by atomic mass is 16.5. The molecule has 3 aliphatic carbocycles. The summed E-state index contributed by atoms with van der Waals surface area (Å²) in [5.41, 5.74) is -0.253. The van der Waals surface area contributed by atoms with Gasteiger partial charge in [0.15, 0.2) is 0 Å². The number of hydrogen-bond acceptors (Lipinski definition) is 3. The Hall–Kier alpha value is -0.120. The number of aliphatic hydroxyl groups excluding tert-OH is 2. The first-order valence-corrected chi connectivity index (χ1v) is 6.07. The maximum Gasteiger partial charge on any atom is 0.0759 e. The highest BCUT2D eigenvalue weighted by molar-refractivity contribution is 5.05. The zero-order valence-corrected chi connectivity index (χ0v) is 9.65. The molecule has 0 spiro atoms. The Morgan fingerprint density at radius 1 is 1.47 bits per heavy atom. The third kappa shape index (κ3) is 1.61. The molecule has 3 nitrogen and oxygen atoms in total. The highest BCUT2D eigenvalue weighted by Crippen LogP contribution is 2.52. The molecule has 3 saturated carbocycles. The molecule has 5 atom stereocenters. The molecule has 0 aromatic heterocycles. The lowest BCUT2D eigenvalue weighted by Gasteiger charge is -2.56. The molecule has 0 amide bonds. The van der Waals surface area contributed by atoms with E-state index in [2.05, 4.69) is 6.92 Å². The fourth-order valence-electron chi connectivity index (χ4n) is 3.80. The van der Waals surface area contributed by atoms with Gasteiger partial charge >= 0.3 is 0 Å². The largest absolute Gasteiger partial charge is 0.396 e. The normalized spacial score (nSPS) is 49.6. The molecule has 0 aliphatic heterocycles. The van der Waals surface area contributed by atoms with Gasteiger partial charge in [-0.3, -0.25) is 0 Å². The van der Waals surface area contributed by atoms with E-state index in [1.165, 1.54) is 0 Å². The minimum absolute atomic E-state index is 0.185. The van der Waals surface area contributed by atoms with E-state index in [0.717, 1.165) is 12.8 Å². The Morgan fingerprint density at radius 3 is 2.73 bits per heavy atom. The lowest BCUT2D eigenvalue weighted by molar-refractivity contribution is -0.213. The summed E-state index contributed by atoms with van der Waals surface area (Å²) in [6, 6.07) is 0. The molecule has 0 saturated heterocycles. The van der Waals surface area contributed by atoms with Crippen molar-refractivity contribution < 1.29 is 14.9 Å². The van der Waals surface area contributed by atoms with Crippen molar-refractivity contribution >= 4 is 0 Å². The second-order valence-electron chi connectivity index (χ2n) is 5.12. The summed E-state index contributed by atoms with van der Waals surface area (Å²) < 4.78 is 5.88. The molecule has 0 aromatic rings. The van der Waals surface area contributed by atoms with Crippen molar-refractivity contribution in [2.45, 2.75) is 44.8 Å². The Balaban J connectivity index is 2.24. The Bertz CT molecular complexity index is 227. The van der Waals surface area contributed by atoms with Crippen LogP contribution in [-0.2, 0) is 4.74 Å². The predicted octanol–water partition coefficient (Wildman–Crippen LogP) is 1.18. The second-order valence-corrected chi connectivity index (χ2v) is 5.12. The first-order chi connectivity index (χ1) is 7.14. The SMILES string of the molecule is CCO[C@@]12CC[C@@H]([C@@H](C)[C@@H]1CO)[C@@H](O)C2. The molecular formula is C12H22O3. The minimum Gasteiger partial charge on any atom is -0.396 e. The zero-order chi connectivity index (χ0) is 11.1. The lowest BCUT2D eigenvalue weighted by Crippen LogP contribution is -2.60. The van der Waals surface area contributed by atoms with E-state index in [1.807, 2.05) is 6.92 Å². The van der Waals surface area contributed by atoms with Crippen LogP contribution in [0.5, 0.6) is 0 Å². The average molecular weight is 214 g/mol. The van der Waals surface area contributed by atoms with Crippen LogP contribution in [0.4, 0.5) is 0 Å². The number of hydrogen-bond donors (Lipinski definition) is 2. The molecule has 0 radical (unpaired) electrons. The van der Waals surface area contributed by atoms with Gasteiger partial charge in [0.25, 0.3) is 0 Å². The molecule has 3 rings (SSSR count). The first-order valence-electron chi connectivity index (χ1n) is 6.07. The quantitative estimate of drug-likeness (QED) is 0.741. The van der Waals surface area contributed by atoms with Crippen molar-refractivity contribution in [3.8, 4) is 0 Å². The van der Waals surface area contributed by atoms with E-state index in [9.17, 15) is 10.2 Å². The van der Waals surface area contributed by atoms with Gasteiger partial charge in [0.2, 0.25) is 0 Å². The van der Waals surface area contributed by atoms with Gasteiger partial charge in [0.05, 0.1) is 11.7 Å². The van der Waals surface area contributed by atoms with Crippen LogP contribution in [-0.4, -0.2) is 35.1 Å². The summed E-state index contributed by atoms with van der Waals surface area (Å²) in [7, 11) is 0. The third-order valence-corrected chi connectivity index (χ3v) is 4.56.